The van der Waals surface area contributed by atoms with Crippen LogP contribution in [0.25, 0.3) is 0 Å². The van der Waals surface area contributed by atoms with Crippen LogP contribution < -0.4 is 10.2 Å². The molecule has 20 heavy (non-hydrogen) atoms. The van der Waals surface area contributed by atoms with E-state index in [0.717, 1.165) is 32.8 Å². The zero-order valence-electron chi connectivity index (χ0n) is 12.8. The molecule has 0 radical (unpaired) electrons. The van der Waals surface area contributed by atoms with Gasteiger partial charge in [0.25, 0.3) is 0 Å². The highest BCUT2D eigenvalue weighted by atomic mass is 32.1. The maximum absolute atomic E-state index is 5.03. The van der Waals surface area contributed by atoms with Crippen LogP contribution in [0, 0.1) is 0 Å². The van der Waals surface area contributed by atoms with Gasteiger partial charge in [0.15, 0.2) is 5.13 Å². The highest BCUT2D eigenvalue weighted by Crippen LogP contribution is 2.29. The van der Waals surface area contributed by atoms with E-state index in [9.17, 15) is 0 Å². The van der Waals surface area contributed by atoms with Gasteiger partial charge in [0.2, 0.25) is 0 Å². The minimum absolute atomic E-state index is 0.616. The summed E-state index contributed by atoms with van der Waals surface area (Å²) in [6.45, 7) is 4.77. The van der Waals surface area contributed by atoms with Gasteiger partial charge >= 0.3 is 0 Å². The van der Waals surface area contributed by atoms with Gasteiger partial charge in [-0.1, -0.05) is 0 Å². The summed E-state index contributed by atoms with van der Waals surface area (Å²) in [5.41, 5.74) is 0. The molecule has 0 bridgehead atoms. The van der Waals surface area contributed by atoms with Gasteiger partial charge in [-0.25, -0.2) is 4.98 Å². The van der Waals surface area contributed by atoms with Crippen molar-refractivity contribution in [3.63, 3.8) is 0 Å². The van der Waals surface area contributed by atoms with Crippen LogP contribution in [0.4, 0.5) is 5.13 Å². The second-order valence-corrected chi connectivity index (χ2v) is 6.62. The molecule has 1 saturated heterocycles. The highest BCUT2D eigenvalue weighted by molar-refractivity contribution is 7.15. The summed E-state index contributed by atoms with van der Waals surface area (Å²) in [5.74, 6) is 0. The number of thiazole rings is 1. The first-order valence-corrected chi connectivity index (χ1v) is 8.08. The van der Waals surface area contributed by atoms with Gasteiger partial charge in [0.05, 0.1) is 6.61 Å². The lowest BCUT2D eigenvalue weighted by Gasteiger charge is -2.26. The zero-order chi connectivity index (χ0) is 14.4. The van der Waals surface area contributed by atoms with Crippen molar-refractivity contribution in [3.05, 3.63) is 11.1 Å². The number of anilines is 1. The van der Waals surface area contributed by atoms with E-state index < -0.39 is 0 Å². The summed E-state index contributed by atoms with van der Waals surface area (Å²) >= 11 is 1.81. The van der Waals surface area contributed by atoms with Crippen molar-refractivity contribution < 1.29 is 4.74 Å². The van der Waals surface area contributed by atoms with E-state index in [-0.39, 0.29) is 0 Å². The van der Waals surface area contributed by atoms with Gasteiger partial charge in [0, 0.05) is 50.4 Å². The van der Waals surface area contributed by atoms with Crippen molar-refractivity contribution in [1.82, 2.24) is 15.2 Å². The fourth-order valence-corrected chi connectivity index (χ4v) is 3.57. The van der Waals surface area contributed by atoms with Crippen LogP contribution in [0.3, 0.4) is 0 Å². The van der Waals surface area contributed by atoms with Crippen molar-refractivity contribution in [2.75, 3.05) is 52.3 Å². The molecule has 2 heterocycles. The average Bonchev–Trinajstić information content (AvgIpc) is 3.02. The maximum atomic E-state index is 5.03. The van der Waals surface area contributed by atoms with Crippen LogP contribution in [0.5, 0.6) is 0 Å². The van der Waals surface area contributed by atoms with Crippen LogP contribution in [-0.4, -0.2) is 63.4 Å². The third-order valence-corrected chi connectivity index (χ3v) is 4.56. The number of nitrogens with zero attached hydrogens (tertiary/aromatic N) is 3. The van der Waals surface area contributed by atoms with Crippen molar-refractivity contribution >= 4 is 16.5 Å². The predicted molar refractivity (Wildman–Crippen MR) is 84.6 cm³/mol. The molecular formula is C14H26N4OS. The van der Waals surface area contributed by atoms with Crippen molar-refractivity contribution in [1.29, 1.82) is 0 Å². The summed E-state index contributed by atoms with van der Waals surface area (Å²) in [6.07, 6.45) is 4.56. The van der Waals surface area contributed by atoms with E-state index in [1.807, 2.05) is 17.5 Å². The molecule has 1 unspecified atom stereocenters. The minimum atomic E-state index is 0.616. The monoisotopic (exact) mass is 298 g/mol. The van der Waals surface area contributed by atoms with Gasteiger partial charge in [-0.15, -0.1) is 11.3 Å². The summed E-state index contributed by atoms with van der Waals surface area (Å²) in [6, 6.07) is 0.616. The molecule has 114 valence electrons. The number of rotatable bonds is 8. The summed E-state index contributed by atoms with van der Waals surface area (Å²) in [5, 5.41) is 4.55. The largest absolute Gasteiger partial charge is 0.383 e. The first-order chi connectivity index (χ1) is 9.70. The van der Waals surface area contributed by atoms with E-state index in [0.29, 0.717) is 6.04 Å². The van der Waals surface area contributed by atoms with E-state index >= 15 is 0 Å². The molecule has 0 aliphatic carbocycles. The number of likely N-dealkylation sites (N-methyl/N-ethyl adjacent to an activating group) is 1. The van der Waals surface area contributed by atoms with Crippen molar-refractivity contribution in [3.8, 4) is 0 Å². The molecule has 1 aliphatic heterocycles. The Hall–Kier alpha value is -0.690. The summed E-state index contributed by atoms with van der Waals surface area (Å²) < 4.78 is 5.03. The Balaban J connectivity index is 1.87. The fourth-order valence-electron chi connectivity index (χ4n) is 2.60. The van der Waals surface area contributed by atoms with Gasteiger partial charge in [-0.2, -0.15) is 0 Å². The molecular weight excluding hydrogens is 272 g/mol. The van der Waals surface area contributed by atoms with Gasteiger partial charge in [-0.05, 0) is 26.9 Å². The number of nitrogens with one attached hydrogen (secondary N) is 1. The second-order valence-electron chi connectivity index (χ2n) is 5.53. The normalized spacial score (nSPS) is 19.2. The lowest BCUT2D eigenvalue weighted by Crippen LogP contribution is -2.37. The Morgan fingerprint density at radius 1 is 1.55 bits per heavy atom. The predicted octanol–water partition coefficient (Wildman–Crippen LogP) is 1.41. The Labute approximate surface area is 125 Å². The second kappa shape index (κ2) is 7.93. The first-order valence-electron chi connectivity index (χ1n) is 7.26. The van der Waals surface area contributed by atoms with Gasteiger partial charge in [-0.3, -0.25) is 0 Å². The number of aromatic nitrogens is 1. The molecule has 1 aliphatic rings. The number of methoxy groups -OCH3 is 1. The van der Waals surface area contributed by atoms with Crippen LogP contribution in [-0.2, 0) is 11.3 Å². The average molecular weight is 298 g/mol. The van der Waals surface area contributed by atoms with Gasteiger partial charge < -0.3 is 19.9 Å². The highest BCUT2D eigenvalue weighted by Gasteiger charge is 2.27. The quantitative estimate of drug-likeness (QED) is 0.735. The molecule has 5 nitrogen and oxygen atoms in total. The first kappa shape index (κ1) is 15.7. The molecule has 0 saturated carbocycles. The number of ether oxygens (including phenoxy) is 1. The molecule has 0 spiro atoms. The third-order valence-electron chi connectivity index (χ3n) is 3.52. The zero-order valence-corrected chi connectivity index (χ0v) is 13.6. The Morgan fingerprint density at radius 2 is 2.40 bits per heavy atom. The van der Waals surface area contributed by atoms with Crippen molar-refractivity contribution in [2.45, 2.75) is 25.4 Å². The lowest BCUT2D eigenvalue weighted by atomic mass is 10.2. The summed E-state index contributed by atoms with van der Waals surface area (Å²) in [4.78, 5) is 10.7. The molecule has 1 N–H and O–H groups in total. The Bertz CT molecular complexity index is 396. The van der Waals surface area contributed by atoms with Crippen LogP contribution in [0.1, 0.15) is 17.7 Å². The van der Waals surface area contributed by atoms with E-state index in [1.165, 1.54) is 22.9 Å². The summed E-state index contributed by atoms with van der Waals surface area (Å²) in [7, 11) is 6.01. The van der Waals surface area contributed by atoms with E-state index in [4.69, 9.17) is 4.74 Å². The van der Waals surface area contributed by atoms with Crippen LogP contribution >= 0.6 is 11.3 Å². The van der Waals surface area contributed by atoms with E-state index in [2.05, 4.69) is 34.2 Å². The van der Waals surface area contributed by atoms with E-state index in [1.54, 1.807) is 7.11 Å². The maximum Gasteiger partial charge on any atom is 0.185 e. The Kier molecular flexibility index (Phi) is 6.22. The van der Waals surface area contributed by atoms with Gasteiger partial charge in [0.1, 0.15) is 0 Å². The smallest absolute Gasteiger partial charge is 0.185 e. The third kappa shape index (κ3) is 4.41. The fraction of sp³-hybridized carbons (Fsp3) is 0.786. The molecule has 1 aromatic heterocycles. The standard InChI is InChI=1S/C14H26N4OS/c1-17(2)11-12-5-4-7-18(12)14-16-10-13(20-14)9-15-6-8-19-3/h10,12,15H,4-9,11H2,1-3H3. The van der Waals surface area contributed by atoms with Crippen molar-refractivity contribution in [2.24, 2.45) is 0 Å². The lowest BCUT2D eigenvalue weighted by molar-refractivity contribution is 0.199. The van der Waals surface area contributed by atoms with Crippen LogP contribution in [0.15, 0.2) is 6.20 Å². The molecule has 0 amide bonds. The number of hydrogen-bond acceptors (Lipinski definition) is 6. The minimum Gasteiger partial charge on any atom is -0.383 e. The SMILES string of the molecule is COCCNCc1cnc(N2CCCC2CN(C)C)s1. The topological polar surface area (TPSA) is 40.6 Å². The molecule has 1 aromatic rings. The molecule has 1 fully saturated rings. The molecule has 1 atom stereocenters. The van der Waals surface area contributed by atoms with Crippen LogP contribution in [0.2, 0.25) is 0 Å². The molecule has 0 aromatic carbocycles. The molecule has 6 heteroatoms. The molecule has 2 rings (SSSR count). The number of hydrogen-bond donors (Lipinski definition) is 1. The Morgan fingerprint density at radius 3 is 3.15 bits per heavy atom.